The number of fused-ring (bicyclic) bond motifs is 2. The van der Waals surface area contributed by atoms with Crippen molar-refractivity contribution in [3.05, 3.63) is 23.8 Å². The molecule has 0 aromatic carbocycles. The van der Waals surface area contributed by atoms with Crippen LogP contribution in [0.2, 0.25) is 0 Å². The van der Waals surface area contributed by atoms with E-state index in [1.54, 1.807) is 26.0 Å². The Morgan fingerprint density at radius 1 is 1.16 bits per heavy atom. The molecule has 3 fully saturated rings. The van der Waals surface area contributed by atoms with Crippen LogP contribution in [-0.4, -0.2) is 97.8 Å². The molecule has 0 amide bonds. The fourth-order valence-electron chi connectivity index (χ4n) is 4.95. The topological polar surface area (TPSA) is 166 Å². The summed E-state index contributed by atoms with van der Waals surface area (Å²) in [7, 11) is 0. The number of carboxylic acid groups (broad SMARTS) is 1. The summed E-state index contributed by atoms with van der Waals surface area (Å²) in [6.45, 7) is 4.88. The predicted molar refractivity (Wildman–Crippen MR) is 106 cm³/mol. The largest absolute Gasteiger partial charge is 0.478 e. The highest BCUT2D eigenvalue weighted by molar-refractivity contribution is 5.81. The van der Waals surface area contributed by atoms with Gasteiger partial charge in [-0.3, -0.25) is 0 Å². The van der Waals surface area contributed by atoms with Crippen LogP contribution in [0.3, 0.4) is 0 Å². The van der Waals surface area contributed by atoms with Crippen LogP contribution in [0.5, 0.6) is 0 Å². The van der Waals surface area contributed by atoms with E-state index in [0.717, 1.165) is 6.08 Å². The summed E-state index contributed by atoms with van der Waals surface area (Å²) >= 11 is 0. The summed E-state index contributed by atoms with van der Waals surface area (Å²) < 4.78 is 17.3. The molecular weight excluding hydrogens is 412 g/mol. The molecule has 10 heteroatoms. The SMILES string of the molecule is CC(/C=C/C1(O)C2(C)COC1(C)CC(OC1OC(CO)C(O)C(O)C1O)C2)=C\C(=O)O. The lowest BCUT2D eigenvalue weighted by molar-refractivity contribution is -0.319. The Bertz CT molecular complexity index is 728. The van der Waals surface area contributed by atoms with Crippen molar-refractivity contribution in [1.29, 1.82) is 0 Å². The van der Waals surface area contributed by atoms with Crippen LogP contribution in [0.25, 0.3) is 0 Å². The number of hydrogen-bond acceptors (Lipinski definition) is 9. The van der Waals surface area contributed by atoms with Gasteiger partial charge in [0.2, 0.25) is 0 Å². The zero-order valence-electron chi connectivity index (χ0n) is 17.8. The van der Waals surface area contributed by atoms with Gasteiger partial charge in [-0.15, -0.1) is 0 Å². The first-order valence-corrected chi connectivity index (χ1v) is 10.3. The second-order valence-electron chi connectivity index (χ2n) is 9.27. The van der Waals surface area contributed by atoms with E-state index in [2.05, 4.69) is 0 Å². The predicted octanol–water partition coefficient (Wildman–Crippen LogP) is -0.921. The number of aliphatic carboxylic acids is 1. The minimum Gasteiger partial charge on any atom is -0.478 e. The third-order valence-corrected chi connectivity index (χ3v) is 6.84. The van der Waals surface area contributed by atoms with Crippen molar-refractivity contribution in [3.8, 4) is 0 Å². The van der Waals surface area contributed by atoms with Crippen molar-refractivity contribution in [3.63, 3.8) is 0 Å². The fourth-order valence-corrected chi connectivity index (χ4v) is 4.95. The van der Waals surface area contributed by atoms with E-state index < -0.39 is 66.0 Å². The number of carboxylic acids is 1. The number of hydrogen-bond donors (Lipinski definition) is 6. The number of ether oxygens (including phenoxy) is 3. The molecule has 176 valence electrons. The van der Waals surface area contributed by atoms with Crippen LogP contribution >= 0.6 is 0 Å². The average Bonchev–Trinajstić information content (AvgIpc) is 2.79. The van der Waals surface area contributed by atoms with Crippen molar-refractivity contribution >= 4 is 5.97 Å². The number of aliphatic hydroxyl groups is 5. The van der Waals surface area contributed by atoms with Crippen LogP contribution in [0, 0.1) is 5.41 Å². The second-order valence-corrected chi connectivity index (χ2v) is 9.27. The smallest absolute Gasteiger partial charge is 0.328 e. The third-order valence-electron chi connectivity index (χ3n) is 6.84. The van der Waals surface area contributed by atoms with Crippen LogP contribution in [-0.2, 0) is 19.0 Å². The summed E-state index contributed by atoms with van der Waals surface area (Å²) in [4.78, 5) is 10.9. The van der Waals surface area contributed by atoms with Crippen LogP contribution in [0.15, 0.2) is 23.8 Å². The van der Waals surface area contributed by atoms with Gasteiger partial charge in [0.15, 0.2) is 6.29 Å². The van der Waals surface area contributed by atoms with E-state index in [9.17, 15) is 30.3 Å². The first-order chi connectivity index (χ1) is 14.4. The van der Waals surface area contributed by atoms with Crippen LogP contribution in [0.4, 0.5) is 0 Å². The van der Waals surface area contributed by atoms with Crippen molar-refractivity contribution in [1.82, 2.24) is 0 Å². The Kier molecular flexibility index (Phi) is 6.68. The number of aliphatic hydroxyl groups excluding tert-OH is 4. The molecule has 3 rings (SSSR count). The number of rotatable bonds is 6. The van der Waals surface area contributed by atoms with Crippen molar-refractivity contribution in [2.45, 2.75) is 81.6 Å². The van der Waals surface area contributed by atoms with Gasteiger partial charge in [0.1, 0.15) is 35.6 Å². The molecule has 2 bridgehead atoms. The summed E-state index contributed by atoms with van der Waals surface area (Å²) in [6.07, 6.45) is -2.65. The Labute approximate surface area is 180 Å². The summed E-state index contributed by atoms with van der Waals surface area (Å²) in [6, 6.07) is 0. The van der Waals surface area contributed by atoms with Gasteiger partial charge >= 0.3 is 5.97 Å². The number of allylic oxidation sites excluding steroid dienone is 2. The van der Waals surface area contributed by atoms with Gasteiger partial charge in [0.05, 0.1) is 19.3 Å². The Morgan fingerprint density at radius 3 is 2.42 bits per heavy atom. The maximum absolute atomic E-state index is 11.6. The van der Waals surface area contributed by atoms with Gasteiger partial charge in [-0.25, -0.2) is 4.79 Å². The van der Waals surface area contributed by atoms with Crippen molar-refractivity contribution in [2.75, 3.05) is 13.2 Å². The molecule has 9 atom stereocenters. The van der Waals surface area contributed by atoms with E-state index in [1.807, 2.05) is 6.92 Å². The quantitative estimate of drug-likeness (QED) is 0.223. The highest BCUT2D eigenvalue weighted by Gasteiger charge is 2.67. The lowest BCUT2D eigenvalue weighted by Crippen LogP contribution is -2.63. The van der Waals surface area contributed by atoms with Gasteiger partial charge in [-0.2, -0.15) is 0 Å². The highest BCUT2D eigenvalue weighted by atomic mass is 16.7. The molecule has 31 heavy (non-hydrogen) atoms. The van der Waals surface area contributed by atoms with Gasteiger partial charge < -0.3 is 44.8 Å². The third kappa shape index (κ3) is 4.19. The van der Waals surface area contributed by atoms with Gasteiger partial charge in [0.25, 0.3) is 0 Å². The Hall–Kier alpha value is -1.37. The minimum atomic E-state index is -1.54. The molecule has 1 aliphatic carbocycles. The molecule has 0 radical (unpaired) electrons. The molecule has 0 aromatic rings. The summed E-state index contributed by atoms with van der Waals surface area (Å²) in [5.41, 5.74) is -2.77. The normalized spacial score (nSPS) is 48.3. The lowest BCUT2D eigenvalue weighted by Gasteiger charge is -2.51. The zero-order valence-corrected chi connectivity index (χ0v) is 17.8. The molecular formula is C21H32O10. The molecule has 0 aromatic heterocycles. The molecule has 2 saturated heterocycles. The highest BCUT2D eigenvalue weighted by Crippen LogP contribution is 2.58. The standard InChI is InChI=1S/C21H32O10/c1-11(6-14(23)24)4-5-21(28)19(2)7-12(8-20(21,3)29-10-19)30-18-17(27)16(26)15(25)13(9-22)31-18/h4-6,12-13,15-18,22,25-28H,7-10H2,1-3H3,(H,23,24)/b5-4+,11-6+. The van der Waals surface area contributed by atoms with E-state index >= 15 is 0 Å². The van der Waals surface area contributed by atoms with Gasteiger partial charge in [-0.05, 0) is 31.9 Å². The monoisotopic (exact) mass is 444 g/mol. The van der Waals surface area contributed by atoms with E-state index in [4.69, 9.17) is 19.3 Å². The Balaban J connectivity index is 1.78. The van der Waals surface area contributed by atoms with Gasteiger partial charge in [-0.1, -0.05) is 13.0 Å². The second kappa shape index (κ2) is 8.53. The van der Waals surface area contributed by atoms with Crippen LogP contribution in [0.1, 0.15) is 33.6 Å². The maximum atomic E-state index is 11.6. The van der Waals surface area contributed by atoms with Crippen molar-refractivity contribution in [2.24, 2.45) is 5.41 Å². The minimum absolute atomic E-state index is 0.236. The number of carbonyl (C=O) groups is 1. The summed E-state index contributed by atoms with van der Waals surface area (Å²) in [5, 5.41) is 60.0. The average molecular weight is 444 g/mol. The fraction of sp³-hybridized carbons (Fsp3) is 0.762. The van der Waals surface area contributed by atoms with Crippen LogP contribution < -0.4 is 0 Å². The molecule has 2 heterocycles. The molecule has 3 aliphatic rings. The Morgan fingerprint density at radius 2 is 1.84 bits per heavy atom. The zero-order chi connectivity index (χ0) is 23.2. The molecule has 9 unspecified atom stereocenters. The molecule has 2 aliphatic heterocycles. The molecule has 0 spiro atoms. The van der Waals surface area contributed by atoms with E-state index in [0.29, 0.717) is 12.0 Å². The summed E-state index contributed by atoms with van der Waals surface area (Å²) in [5.74, 6) is -1.08. The van der Waals surface area contributed by atoms with Gasteiger partial charge in [0, 0.05) is 17.9 Å². The first kappa shape index (κ1) is 24.3. The molecule has 6 N–H and O–H groups in total. The molecule has 10 nitrogen and oxygen atoms in total. The van der Waals surface area contributed by atoms with Crippen molar-refractivity contribution < 1.29 is 49.6 Å². The molecule has 1 saturated carbocycles. The maximum Gasteiger partial charge on any atom is 0.328 e. The van der Waals surface area contributed by atoms with E-state index in [1.165, 1.54) is 0 Å². The van der Waals surface area contributed by atoms with E-state index in [-0.39, 0.29) is 13.0 Å². The first-order valence-electron chi connectivity index (χ1n) is 10.3. The lowest BCUT2D eigenvalue weighted by atomic mass is 9.59.